The predicted octanol–water partition coefficient (Wildman–Crippen LogP) is 4.59. The van der Waals surface area contributed by atoms with Crippen LogP contribution in [-0.4, -0.2) is 12.4 Å². The molecule has 0 aliphatic heterocycles. The van der Waals surface area contributed by atoms with Gasteiger partial charge in [0.05, 0.1) is 12.2 Å². The van der Waals surface area contributed by atoms with Gasteiger partial charge in [-0.05, 0) is 50.6 Å². The normalized spacial score (nSPS) is 10.4. The van der Waals surface area contributed by atoms with Crippen LogP contribution >= 0.6 is 11.6 Å². The second-order valence-corrected chi connectivity index (χ2v) is 5.16. The van der Waals surface area contributed by atoms with Crippen LogP contribution in [0.25, 0.3) is 0 Å². The number of ketones is 1. The van der Waals surface area contributed by atoms with E-state index < -0.39 is 0 Å². The second kappa shape index (κ2) is 6.10. The fourth-order valence-corrected chi connectivity index (χ4v) is 2.26. The molecule has 3 heteroatoms. The Kier molecular flexibility index (Phi) is 4.46. The zero-order valence-electron chi connectivity index (χ0n) is 11.9. The molecule has 0 N–H and O–H groups in total. The molecular weight excluding hydrogens is 272 g/mol. The van der Waals surface area contributed by atoms with Gasteiger partial charge in [0.2, 0.25) is 0 Å². The standard InChI is InChI=1S/C17H17ClO2/c1-4-20-16-8-5-11(2)9-15(16)17(19)14-10-13(18)7-6-12(14)3/h5-10H,4H2,1-3H3. The molecule has 0 amide bonds. The van der Waals surface area contributed by atoms with Crippen LogP contribution in [0.2, 0.25) is 5.02 Å². The van der Waals surface area contributed by atoms with Crippen molar-refractivity contribution in [3.8, 4) is 5.75 Å². The summed E-state index contributed by atoms with van der Waals surface area (Å²) in [6.45, 7) is 6.29. The first-order valence-corrected chi connectivity index (χ1v) is 6.95. The van der Waals surface area contributed by atoms with E-state index in [1.165, 1.54) is 0 Å². The molecule has 104 valence electrons. The molecule has 0 spiro atoms. The van der Waals surface area contributed by atoms with Gasteiger partial charge in [-0.2, -0.15) is 0 Å². The topological polar surface area (TPSA) is 26.3 Å². The van der Waals surface area contributed by atoms with Gasteiger partial charge in [0, 0.05) is 10.6 Å². The first-order chi connectivity index (χ1) is 9.52. The van der Waals surface area contributed by atoms with Crippen molar-refractivity contribution in [2.75, 3.05) is 6.61 Å². The minimum Gasteiger partial charge on any atom is -0.493 e. The molecule has 0 aliphatic rings. The summed E-state index contributed by atoms with van der Waals surface area (Å²) < 4.78 is 5.55. The molecule has 0 saturated heterocycles. The minimum absolute atomic E-state index is 0.0582. The highest BCUT2D eigenvalue weighted by Crippen LogP contribution is 2.26. The first-order valence-electron chi connectivity index (χ1n) is 6.57. The Bertz CT molecular complexity index is 647. The maximum absolute atomic E-state index is 12.7. The van der Waals surface area contributed by atoms with Gasteiger partial charge in [-0.15, -0.1) is 0 Å². The second-order valence-electron chi connectivity index (χ2n) is 4.72. The van der Waals surface area contributed by atoms with Gasteiger partial charge in [0.15, 0.2) is 5.78 Å². The average Bonchev–Trinajstić information content (AvgIpc) is 2.43. The van der Waals surface area contributed by atoms with Crippen LogP contribution in [0.3, 0.4) is 0 Å². The zero-order valence-corrected chi connectivity index (χ0v) is 12.6. The Morgan fingerprint density at radius 1 is 1.10 bits per heavy atom. The molecule has 0 aromatic heterocycles. The quantitative estimate of drug-likeness (QED) is 0.769. The molecule has 0 aliphatic carbocycles. The summed E-state index contributed by atoms with van der Waals surface area (Å²) in [6.07, 6.45) is 0. The lowest BCUT2D eigenvalue weighted by molar-refractivity contribution is 0.103. The van der Waals surface area contributed by atoms with Crippen LogP contribution in [-0.2, 0) is 0 Å². The van der Waals surface area contributed by atoms with Crippen molar-refractivity contribution in [3.05, 3.63) is 63.7 Å². The third-order valence-corrected chi connectivity index (χ3v) is 3.36. The number of aryl methyl sites for hydroxylation is 2. The highest BCUT2D eigenvalue weighted by atomic mass is 35.5. The first kappa shape index (κ1) is 14.6. The van der Waals surface area contributed by atoms with Gasteiger partial charge >= 0.3 is 0 Å². The van der Waals surface area contributed by atoms with Crippen LogP contribution in [0, 0.1) is 13.8 Å². The van der Waals surface area contributed by atoms with Crippen LogP contribution in [0.1, 0.15) is 34.0 Å². The van der Waals surface area contributed by atoms with Gasteiger partial charge < -0.3 is 4.74 Å². The van der Waals surface area contributed by atoms with Crippen molar-refractivity contribution in [2.24, 2.45) is 0 Å². The fraction of sp³-hybridized carbons (Fsp3) is 0.235. The van der Waals surface area contributed by atoms with E-state index in [4.69, 9.17) is 16.3 Å². The van der Waals surface area contributed by atoms with Crippen LogP contribution in [0.4, 0.5) is 0 Å². The maximum Gasteiger partial charge on any atom is 0.197 e. The van der Waals surface area contributed by atoms with E-state index in [0.717, 1.165) is 11.1 Å². The summed E-state index contributed by atoms with van der Waals surface area (Å²) >= 11 is 6.00. The SMILES string of the molecule is CCOc1ccc(C)cc1C(=O)c1cc(Cl)ccc1C. The lowest BCUT2D eigenvalue weighted by Gasteiger charge is -2.12. The molecule has 0 atom stereocenters. The zero-order chi connectivity index (χ0) is 14.7. The van der Waals surface area contributed by atoms with Crippen LogP contribution in [0.5, 0.6) is 5.75 Å². The smallest absolute Gasteiger partial charge is 0.197 e. The fourth-order valence-electron chi connectivity index (χ4n) is 2.09. The molecule has 2 aromatic rings. The number of hydrogen-bond acceptors (Lipinski definition) is 2. The van der Waals surface area contributed by atoms with E-state index in [2.05, 4.69) is 0 Å². The summed E-state index contributed by atoms with van der Waals surface area (Å²) in [5, 5.41) is 0.560. The van der Waals surface area contributed by atoms with Gasteiger partial charge in [-0.25, -0.2) is 0 Å². The summed E-state index contributed by atoms with van der Waals surface area (Å²) in [7, 11) is 0. The third kappa shape index (κ3) is 3.02. The molecule has 0 unspecified atom stereocenters. The molecule has 0 radical (unpaired) electrons. The molecule has 2 nitrogen and oxygen atoms in total. The molecule has 0 fully saturated rings. The third-order valence-electron chi connectivity index (χ3n) is 3.12. The Labute approximate surface area is 124 Å². The van der Waals surface area contributed by atoms with E-state index in [9.17, 15) is 4.79 Å². The molecular formula is C17H17ClO2. The van der Waals surface area contributed by atoms with Crippen molar-refractivity contribution in [3.63, 3.8) is 0 Å². The maximum atomic E-state index is 12.7. The van der Waals surface area contributed by atoms with Crippen molar-refractivity contribution in [1.82, 2.24) is 0 Å². The van der Waals surface area contributed by atoms with Gasteiger partial charge in [-0.3, -0.25) is 4.79 Å². The van der Waals surface area contributed by atoms with E-state index >= 15 is 0 Å². The molecule has 20 heavy (non-hydrogen) atoms. The molecule has 0 heterocycles. The summed E-state index contributed by atoms with van der Waals surface area (Å²) in [5.74, 6) is 0.555. The highest BCUT2D eigenvalue weighted by molar-refractivity contribution is 6.31. The van der Waals surface area contributed by atoms with Crippen molar-refractivity contribution in [2.45, 2.75) is 20.8 Å². The Morgan fingerprint density at radius 3 is 2.55 bits per heavy atom. The van der Waals surface area contributed by atoms with Gasteiger partial charge in [0.25, 0.3) is 0 Å². The minimum atomic E-state index is -0.0582. The van der Waals surface area contributed by atoms with E-state index in [1.807, 2.05) is 45.0 Å². The number of halogens is 1. The summed E-state index contributed by atoms with van der Waals surface area (Å²) in [6, 6.07) is 11.0. The highest BCUT2D eigenvalue weighted by Gasteiger charge is 2.17. The molecule has 2 aromatic carbocycles. The van der Waals surface area contributed by atoms with Crippen molar-refractivity contribution in [1.29, 1.82) is 0 Å². The molecule has 2 rings (SSSR count). The Hall–Kier alpha value is -1.80. The van der Waals surface area contributed by atoms with Crippen LogP contribution in [0.15, 0.2) is 36.4 Å². The molecule has 0 bridgehead atoms. The van der Waals surface area contributed by atoms with E-state index in [0.29, 0.717) is 28.5 Å². The predicted molar refractivity (Wildman–Crippen MR) is 82.0 cm³/mol. The average molecular weight is 289 g/mol. The lowest BCUT2D eigenvalue weighted by atomic mass is 9.97. The number of rotatable bonds is 4. The Morgan fingerprint density at radius 2 is 1.85 bits per heavy atom. The van der Waals surface area contributed by atoms with Crippen molar-refractivity contribution < 1.29 is 9.53 Å². The number of hydrogen-bond donors (Lipinski definition) is 0. The molecule has 0 saturated carbocycles. The number of carbonyl (C=O) groups is 1. The lowest BCUT2D eigenvalue weighted by Crippen LogP contribution is -2.07. The van der Waals surface area contributed by atoms with Crippen molar-refractivity contribution >= 4 is 17.4 Å². The number of benzene rings is 2. The number of ether oxygens (including phenoxy) is 1. The van der Waals surface area contributed by atoms with E-state index in [-0.39, 0.29) is 5.78 Å². The summed E-state index contributed by atoms with van der Waals surface area (Å²) in [4.78, 5) is 12.7. The largest absolute Gasteiger partial charge is 0.493 e. The van der Waals surface area contributed by atoms with Gasteiger partial charge in [0.1, 0.15) is 5.75 Å². The summed E-state index contributed by atoms with van der Waals surface area (Å²) in [5.41, 5.74) is 3.13. The van der Waals surface area contributed by atoms with Crippen LogP contribution < -0.4 is 4.74 Å². The van der Waals surface area contributed by atoms with E-state index in [1.54, 1.807) is 12.1 Å². The monoisotopic (exact) mass is 288 g/mol. The number of carbonyl (C=O) groups excluding carboxylic acids is 1. The van der Waals surface area contributed by atoms with Gasteiger partial charge in [-0.1, -0.05) is 29.3 Å². The Balaban J connectivity index is 2.52.